The van der Waals surface area contributed by atoms with Crippen LogP contribution in [0.1, 0.15) is 119 Å². The van der Waals surface area contributed by atoms with E-state index in [1.54, 1.807) is 0 Å². The number of phenolic OH excluding ortho intramolecular Hbond substituents is 1. The Kier molecular flexibility index (Phi) is 7.45. The zero-order valence-corrected chi connectivity index (χ0v) is 23.6. The minimum absolute atomic E-state index is 0.0598. The minimum Gasteiger partial charge on any atom is -0.507 e. The highest BCUT2D eigenvalue weighted by Crippen LogP contribution is 2.46. The van der Waals surface area contributed by atoms with Crippen molar-refractivity contribution < 1.29 is 9.84 Å². The molecule has 0 aliphatic heterocycles. The summed E-state index contributed by atoms with van der Waals surface area (Å²) in [5.74, 6) is 1.46. The smallest absolute Gasteiger partial charge is 0.126 e. The van der Waals surface area contributed by atoms with Gasteiger partial charge in [-0.1, -0.05) is 90.0 Å². The van der Waals surface area contributed by atoms with E-state index in [4.69, 9.17) is 4.74 Å². The Morgan fingerprint density at radius 2 is 0.879 bits per heavy atom. The highest BCUT2D eigenvalue weighted by molar-refractivity contribution is 5.73. The molecule has 2 aromatic rings. The van der Waals surface area contributed by atoms with Crippen molar-refractivity contribution in [1.82, 2.24) is 0 Å². The normalized spacial score (nSPS) is 13.4. The lowest BCUT2D eigenvalue weighted by Crippen LogP contribution is -2.20. The van der Waals surface area contributed by atoms with E-state index in [1.807, 2.05) is 0 Å². The maximum atomic E-state index is 11.2. The highest BCUT2D eigenvalue weighted by atomic mass is 16.5. The molecule has 1 N–H and O–H groups in total. The summed E-state index contributed by atoms with van der Waals surface area (Å²) < 4.78 is 6.40. The Hall–Kier alpha value is -1.96. The van der Waals surface area contributed by atoms with Crippen molar-refractivity contribution >= 4 is 0 Å². The van der Waals surface area contributed by atoms with Crippen LogP contribution in [0.25, 0.3) is 11.1 Å². The van der Waals surface area contributed by atoms with Crippen molar-refractivity contribution in [2.75, 3.05) is 6.61 Å². The Morgan fingerprint density at radius 1 is 0.576 bits per heavy atom. The van der Waals surface area contributed by atoms with E-state index in [-0.39, 0.29) is 21.7 Å². The largest absolute Gasteiger partial charge is 0.507 e. The summed E-state index contributed by atoms with van der Waals surface area (Å²) in [7, 11) is 0. The van der Waals surface area contributed by atoms with E-state index in [0.29, 0.717) is 12.4 Å². The second-order valence-corrected chi connectivity index (χ2v) is 13.7. The lowest BCUT2D eigenvalue weighted by atomic mass is 9.75. The fourth-order valence-electron chi connectivity index (χ4n) is 4.21. The van der Waals surface area contributed by atoms with E-state index in [0.717, 1.165) is 28.9 Å². The van der Waals surface area contributed by atoms with Gasteiger partial charge in [-0.3, -0.25) is 0 Å². The summed E-state index contributed by atoms with van der Waals surface area (Å²) in [6.07, 6.45) is 0.983. The number of aromatic hydroxyl groups is 1. The Labute approximate surface area is 203 Å². The Bertz CT molecular complexity index is 914. The van der Waals surface area contributed by atoms with Gasteiger partial charge in [-0.25, -0.2) is 0 Å². The first kappa shape index (κ1) is 27.3. The molecule has 0 aliphatic rings. The monoisotopic (exact) mass is 452 g/mol. The van der Waals surface area contributed by atoms with Crippen LogP contribution in [-0.2, 0) is 21.7 Å². The van der Waals surface area contributed by atoms with Crippen LogP contribution in [0.2, 0.25) is 0 Å². The number of benzene rings is 2. The molecule has 2 aromatic carbocycles. The molecule has 2 rings (SSSR count). The van der Waals surface area contributed by atoms with Crippen LogP contribution >= 0.6 is 0 Å². The van der Waals surface area contributed by atoms with Crippen LogP contribution in [0.5, 0.6) is 11.5 Å². The van der Waals surface area contributed by atoms with E-state index < -0.39 is 0 Å². The van der Waals surface area contributed by atoms with Gasteiger partial charge in [0, 0.05) is 22.3 Å². The summed E-state index contributed by atoms with van der Waals surface area (Å²) >= 11 is 0. The fourth-order valence-corrected chi connectivity index (χ4v) is 4.21. The molecule has 33 heavy (non-hydrogen) atoms. The first-order valence-electron chi connectivity index (χ1n) is 12.5. The van der Waals surface area contributed by atoms with Crippen molar-refractivity contribution in [2.45, 2.75) is 118 Å². The topological polar surface area (TPSA) is 29.5 Å². The summed E-state index contributed by atoms with van der Waals surface area (Å²) in [4.78, 5) is 0. The fraction of sp³-hybridized carbons (Fsp3) is 0.613. The molecule has 0 unspecified atom stereocenters. The predicted molar refractivity (Wildman–Crippen MR) is 144 cm³/mol. The summed E-state index contributed by atoms with van der Waals surface area (Å²) in [6, 6.07) is 8.99. The number of hydrogen-bond acceptors (Lipinski definition) is 2. The highest BCUT2D eigenvalue weighted by Gasteiger charge is 2.30. The number of rotatable bonds is 4. The molecule has 0 saturated carbocycles. The van der Waals surface area contributed by atoms with Gasteiger partial charge in [-0.05, 0) is 63.5 Å². The molecule has 0 amide bonds. The van der Waals surface area contributed by atoms with Gasteiger partial charge >= 0.3 is 0 Å². The van der Waals surface area contributed by atoms with Gasteiger partial charge in [0.15, 0.2) is 0 Å². The van der Waals surface area contributed by atoms with E-state index in [1.165, 1.54) is 16.7 Å². The van der Waals surface area contributed by atoms with Gasteiger partial charge < -0.3 is 9.84 Å². The molecule has 2 nitrogen and oxygen atoms in total. The van der Waals surface area contributed by atoms with Gasteiger partial charge in [0.25, 0.3) is 0 Å². The number of ether oxygens (including phenoxy) is 1. The lowest BCUT2D eigenvalue weighted by Gasteiger charge is -2.32. The van der Waals surface area contributed by atoms with Crippen molar-refractivity contribution in [3.05, 3.63) is 46.5 Å². The number of hydrogen-bond donors (Lipinski definition) is 1. The average molecular weight is 453 g/mol. The third-order valence-electron chi connectivity index (χ3n) is 6.21. The molecule has 0 spiro atoms. The summed E-state index contributed by atoms with van der Waals surface area (Å²) in [6.45, 7) is 29.4. The quantitative estimate of drug-likeness (QED) is 0.501. The molecule has 0 aliphatic carbocycles. The third kappa shape index (κ3) is 6.14. The maximum absolute atomic E-state index is 11.2. The zero-order chi connectivity index (χ0) is 25.6. The van der Waals surface area contributed by atoms with Gasteiger partial charge in [0.1, 0.15) is 11.5 Å². The molecular formula is C31H48O2. The SMILES string of the molecule is CCCOc1c(C(C)(C)C)cc(-c2cc(C(C)(C)C)c(O)c(C(C)(C)C)c2)cc1C(C)(C)C. The van der Waals surface area contributed by atoms with Crippen LogP contribution in [0.3, 0.4) is 0 Å². The van der Waals surface area contributed by atoms with Gasteiger partial charge in [-0.15, -0.1) is 0 Å². The van der Waals surface area contributed by atoms with E-state index in [9.17, 15) is 5.11 Å². The Morgan fingerprint density at radius 3 is 1.15 bits per heavy atom. The van der Waals surface area contributed by atoms with Crippen LogP contribution in [-0.4, -0.2) is 11.7 Å². The van der Waals surface area contributed by atoms with Crippen LogP contribution in [0, 0.1) is 0 Å². The molecular weight excluding hydrogens is 404 g/mol. The van der Waals surface area contributed by atoms with Gasteiger partial charge in [0.05, 0.1) is 6.61 Å². The van der Waals surface area contributed by atoms with E-state index >= 15 is 0 Å². The van der Waals surface area contributed by atoms with Crippen LogP contribution in [0.15, 0.2) is 24.3 Å². The first-order valence-corrected chi connectivity index (χ1v) is 12.5. The molecule has 0 radical (unpaired) electrons. The molecule has 0 bridgehead atoms. The third-order valence-corrected chi connectivity index (χ3v) is 6.21. The van der Waals surface area contributed by atoms with Gasteiger partial charge in [-0.2, -0.15) is 0 Å². The second kappa shape index (κ2) is 9.01. The lowest BCUT2D eigenvalue weighted by molar-refractivity contribution is 0.300. The molecule has 0 heterocycles. The minimum atomic E-state index is -0.163. The number of phenols is 1. The van der Waals surface area contributed by atoms with Crippen molar-refractivity contribution in [3.8, 4) is 22.6 Å². The summed E-state index contributed by atoms with van der Waals surface area (Å²) in [5.41, 5.74) is 6.35. The van der Waals surface area contributed by atoms with Gasteiger partial charge in [0.2, 0.25) is 0 Å². The van der Waals surface area contributed by atoms with Crippen LogP contribution in [0.4, 0.5) is 0 Å². The zero-order valence-electron chi connectivity index (χ0n) is 23.6. The summed E-state index contributed by atoms with van der Waals surface area (Å²) in [5, 5.41) is 11.2. The Balaban J connectivity index is 2.98. The van der Waals surface area contributed by atoms with Crippen molar-refractivity contribution in [2.24, 2.45) is 0 Å². The maximum Gasteiger partial charge on any atom is 0.126 e. The van der Waals surface area contributed by atoms with E-state index in [2.05, 4.69) is 114 Å². The second-order valence-electron chi connectivity index (χ2n) is 13.7. The average Bonchev–Trinajstić information content (AvgIpc) is 2.62. The van der Waals surface area contributed by atoms with Crippen molar-refractivity contribution in [1.29, 1.82) is 0 Å². The molecule has 184 valence electrons. The van der Waals surface area contributed by atoms with Crippen molar-refractivity contribution in [3.63, 3.8) is 0 Å². The molecule has 2 heteroatoms. The first-order chi connectivity index (χ1) is 14.8. The standard InChI is InChI=1S/C31H48O2/c1-14-15-33-27-24(30(8,9)10)18-21(19-25(27)31(11,12)13)20-16-22(28(2,3)4)26(32)23(17-20)29(5,6)7/h16-19,32H,14-15H2,1-13H3. The predicted octanol–water partition coefficient (Wildman–Crippen LogP) is 9.04. The molecule has 0 fully saturated rings. The van der Waals surface area contributed by atoms with Crippen LogP contribution < -0.4 is 4.74 Å². The molecule has 0 aromatic heterocycles. The molecule has 0 atom stereocenters. The molecule has 0 saturated heterocycles.